The van der Waals surface area contributed by atoms with E-state index in [0.29, 0.717) is 12.5 Å². The molecule has 1 fully saturated rings. The number of nitrogens with zero attached hydrogens (tertiary/aromatic N) is 2. The second-order valence-corrected chi connectivity index (χ2v) is 5.85. The molecular formula is C15H20N2O3S. The molecule has 0 spiro atoms. The number of piperidine rings is 1. The van der Waals surface area contributed by atoms with Crippen molar-refractivity contribution in [2.45, 2.75) is 32.1 Å². The Morgan fingerprint density at radius 2 is 2.24 bits per heavy atom. The topological polar surface area (TPSA) is 59.5 Å². The van der Waals surface area contributed by atoms with E-state index in [9.17, 15) is 9.59 Å². The molecule has 0 aliphatic carbocycles. The van der Waals surface area contributed by atoms with E-state index < -0.39 is 0 Å². The van der Waals surface area contributed by atoms with Crippen LogP contribution < -0.4 is 0 Å². The number of hydrogen-bond donors (Lipinski definition) is 0. The predicted molar refractivity (Wildman–Crippen MR) is 81.2 cm³/mol. The maximum atomic E-state index is 11.5. The van der Waals surface area contributed by atoms with Crippen molar-refractivity contribution in [2.24, 2.45) is 0 Å². The van der Waals surface area contributed by atoms with Gasteiger partial charge in [0.1, 0.15) is 0 Å². The van der Waals surface area contributed by atoms with Gasteiger partial charge in [0.25, 0.3) is 0 Å². The molecule has 21 heavy (non-hydrogen) atoms. The van der Waals surface area contributed by atoms with Crippen molar-refractivity contribution in [1.82, 2.24) is 9.88 Å². The number of thiazole rings is 1. The maximum Gasteiger partial charge on any atom is 0.311 e. The first-order chi connectivity index (χ1) is 10.1. The number of likely N-dealkylation sites (tertiary alicyclic amines) is 1. The minimum Gasteiger partial charge on any atom is -0.466 e. The zero-order chi connectivity index (χ0) is 15.2. The summed E-state index contributed by atoms with van der Waals surface area (Å²) >= 11 is 1.59. The van der Waals surface area contributed by atoms with Crippen molar-refractivity contribution in [3.8, 4) is 0 Å². The Hall–Kier alpha value is -1.69. The third-order valence-electron chi connectivity index (χ3n) is 3.53. The molecule has 114 valence electrons. The molecule has 0 radical (unpaired) electrons. The molecule has 1 aliphatic rings. The zero-order valence-electron chi connectivity index (χ0n) is 12.2. The highest BCUT2D eigenvalue weighted by atomic mass is 32.1. The van der Waals surface area contributed by atoms with Gasteiger partial charge in [-0.2, -0.15) is 0 Å². The minimum absolute atomic E-state index is 0.00408. The van der Waals surface area contributed by atoms with Crippen molar-refractivity contribution < 1.29 is 14.3 Å². The SMILES string of the molecule is C=CC(=O)N1CCC(c2nc(CC(=O)OCC)cs2)CC1. The summed E-state index contributed by atoms with van der Waals surface area (Å²) in [7, 11) is 0. The van der Waals surface area contributed by atoms with Gasteiger partial charge in [0.2, 0.25) is 5.91 Å². The lowest BCUT2D eigenvalue weighted by Gasteiger charge is -2.30. The Morgan fingerprint density at radius 1 is 1.52 bits per heavy atom. The molecule has 0 atom stereocenters. The first-order valence-electron chi connectivity index (χ1n) is 7.15. The number of rotatable bonds is 5. The van der Waals surface area contributed by atoms with Gasteiger partial charge in [-0.25, -0.2) is 4.98 Å². The van der Waals surface area contributed by atoms with Crippen LogP contribution in [0.15, 0.2) is 18.0 Å². The van der Waals surface area contributed by atoms with Crippen molar-refractivity contribution in [2.75, 3.05) is 19.7 Å². The number of carbonyl (C=O) groups excluding carboxylic acids is 2. The van der Waals surface area contributed by atoms with Crippen molar-refractivity contribution in [3.63, 3.8) is 0 Å². The summed E-state index contributed by atoms with van der Waals surface area (Å²) in [5.41, 5.74) is 0.776. The number of ether oxygens (including phenoxy) is 1. The molecule has 1 amide bonds. The highest BCUT2D eigenvalue weighted by molar-refractivity contribution is 7.09. The molecule has 1 aliphatic heterocycles. The maximum absolute atomic E-state index is 11.5. The van der Waals surface area contributed by atoms with E-state index in [4.69, 9.17) is 4.74 Å². The summed E-state index contributed by atoms with van der Waals surface area (Å²) in [5.74, 6) is 0.135. The number of esters is 1. The highest BCUT2D eigenvalue weighted by Crippen LogP contribution is 2.30. The Labute approximate surface area is 128 Å². The smallest absolute Gasteiger partial charge is 0.311 e. The van der Waals surface area contributed by atoms with Gasteiger partial charge in [-0.3, -0.25) is 9.59 Å². The van der Waals surface area contributed by atoms with Gasteiger partial charge in [0, 0.05) is 24.4 Å². The average molecular weight is 308 g/mol. The van der Waals surface area contributed by atoms with Crippen LogP contribution in [0, 0.1) is 0 Å². The van der Waals surface area contributed by atoms with Crippen LogP contribution in [0.1, 0.15) is 36.4 Å². The Morgan fingerprint density at radius 3 is 2.86 bits per heavy atom. The summed E-state index contributed by atoms with van der Waals surface area (Å²) in [4.78, 5) is 29.3. The van der Waals surface area contributed by atoms with Gasteiger partial charge in [0.05, 0.1) is 23.7 Å². The summed E-state index contributed by atoms with van der Waals surface area (Å²) < 4.78 is 4.93. The fraction of sp³-hybridized carbons (Fsp3) is 0.533. The van der Waals surface area contributed by atoms with Crippen LogP contribution in [0.5, 0.6) is 0 Å². The molecule has 0 unspecified atom stereocenters. The summed E-state index contributed by atoms with van der Waals surface area (Å²) in [5, 5.41) is 2.98. The van der Waals surface area contributed by atoms with Gasteiger partial charge < -0.3 is 9.64 Å². The van der Waals surface area contributed by atoms with Crippen LogP contribution in [-0.2, 0) is 20.7 Å². The number of hydrogen-bond acceptors (Lipinski definition) is 5. The molecule has 0 N–H and O–H groups in total. The second kappa shape index (κ2) is 7.36. The molecular weight excluding hydrogens is 288 g/mol. The van der Waals surface area contributed by atoms with Crippen molar-refractivity contribution in [3.05, 3.63) is 28.7 Å². The fourth-order valence-electron chi connectivity index (χ4n) is 2.43. The predicted octanol–water partition coefficient (Wildman–Crippen LogP) is 2.14. The van der Waals surface area contributed by atoms with E-state index >= 15 is 0 Å². The molecule has 0 aromatic carbocycles. The van der Waals surface area contributed by atoms with Gasteiger partial charge in [-0.1, -0.05) is 6.58 Å². The lowest BCUT2D eigenvalue weighted by Crippen LogP contribution is -2.36. The van der Waals surface area contributed by atoms with Gasteiger partial charge >= 0.3 is 5.97 Å². The highest BCUT2D eigenvalue weighted by Gasteiger charge is 2.24. The number of aromatic nitrogens is 1. The number of amides is 1. The molecule has 2 heterocycles. The Kier molecular flexibility index (Phi) is 5.50. The van der Waals surface area contributed by atoms with Gasteiger partial charge in [0.15, 0.2) is 0 Å². The molecule has 5 nitrogen and oxygen atoms in total. The van der Waals surface area contributed by atoms with Crippen LogP contribution in [0.4, 0.5) is 0 Å². The van der Waals surface area contributed by atoms with E-state index in [-0.39, 0.29) is 18.3 Å². The second-order valence-electron chi connectivity index (χ2n) is 4.96. The van der Waals surface area contributed by atoms with Crippen molar-refractivity contribution in [1.29, 1.82) is 0 Å². The first-order valence-corrected chi connectivity index (χ1v) is 8.03. The standard InChI is InChI=1S/C15H20N2O3S/c1-3-13(18)17-7-5-11(6-8-17)15-16-12(10-21-15)9-14(19)20-4-2/h3,10-11H,1,4-9H2,2H3. The molecule has 0 bridgehead atoms. The van der Waals surface area contributed by atoms with E-state index in [1.807, 2.05) is 10.3 Å². The summed E-state index contributed by atoms with van der Waals surface area (Å²) in [6, 6.07) is 0. The van der Waals surface area contributed by atoms with Crippen LogP contribution in [0.2, 0.25) is 0 Å². The average Bonchev–Trinajstić information content (AvgIpc) is 2.95. The van der Waals surface area contributed by atoms with Gasteiger partial charge in [-0.15, -0.1) is 11.3 Å². The first kappa shape index (κ1) is 15.7. The van der Waals surface area contributed by atoms with E-state index in [0.717, 1.165) is 36.6 Å². The Bertz CT molecular complexity index is 519. The summed E-state index contributed by atoms with van der Waals surface area (Å²) in [6.07, 6.45) is 3.41. The van der Waals surface area contributed by atoms with Gasteiger partial charge in [-0.05, 0) is 25.8 Å². The quantitative estimate of drug-likeness (QED) is 0.618. The van der Waals surface area contributed by atoms with Crippen LogP contribution >= 0.6 is 11.3 Å². The normalized spacial score (nSPS) is 15.8. The van der Waals surface area contributed by atoms with Crippen LogP contribution in [0.3, 0.4) is 0 Å². The van der Waals surface area contributed by atoms with E-state index in [1.54, 1.807) is 18.3 Å². The minimum atomic E-state index is -0.235. The lowest BCUT2D eigenvalue weighted by atomic mass is 9.97. The Balaban J connectivity index is 1.89. The lowest BCUT2D eigenvalue weighted by molar-refractivity contribution is -0.142. The van der Waals surface area contributed by atoms with E-state index in [2.05, 4.69) is 11.6 Å². The third kappa shape index (κ3) is 4.14. The number of carbonyl (C=O) groups is 2. The van der Waals surface area contributed by atoms with Crippen LogP contribution in [0.25, 0.3) is 0 Å². The molecule has 1 saturated heterocycles. The molecule has 6 heteroatoms. The molecule has 0 saturated carbocycles. The molecule has 1 aromatic heterocycles. The van der Waals surface area contributed by atoms with Crippen molar-refractivity contribution >= 4 is 23.2 Å². The monoisotopic (exact) mass is 308 g/mol. The molecule has 1 aromatic rings. The fourth-order valence-corrected chi connectivity index (χ4v) is 3.42. The third-order valence-corrected chi connectivity index (χ3v) is 4.59. The largest absolute Gasteiger partial charge is 0.466 e. The van der Waals surface area contributed by atoms with Crippen LogP contribution in [-0.4, -0.2) is 41.5 Å². The summed E-state index contributed by atoms with van der Waals surface area (Å²) in [6.45, 7) is 7.18. The molecule has 2 rings (SSSR count). The van der Waals surface area contributed by atoms with E-state index in [1.165, 1.54) is 6.08 Å². The zero-order valence-corrected chi connectivity index (χ0v) is 13.0.